The number of aryl methyl sites for hydroxylation is 1. The second-order valence-electron chi connectivity index (χ2n) is 6.16. The third kappa shape index (κ3) is 3.02. The van der Waals surface area contributed by atoms with Crippen LogP contribution in [0.2, 0.25) is 0 Å². The maximum atomic E-state index is 5.72. The van der Waals surface area contributed by atoms with Crippen molar-refractivity contribution in [2.75, 3.05) is 13.7 Å². The van der Waals surface area contributed by atoms with Gasteiger partial charge in [-0.3, -0.25) is 0 Å². The average molecular weight is 275 g/mol. The number of fused-ring (bicyclic) bond motifs is 1. The fourth-order valence-corrected chi connectivity index (χ4v) is 2.59. The summed E-state index contributed by atoms with van der Waals surface area (Å²) in [6.07, 6.45) is 1.91. The van der Waals surface area contributed by atoms with E-state index in [1.165, 1.54) is 5.52 Å². The van der Waals surface area contributed by atoms with Gasteiger partial charge in [-0.1, -0.05) is 6.07 Å². The normalized spacial score (nSPS) is 12.2. The molecule has 2 rings (SSSR count). The molecule has 0 aliphatic heterocycles. The number of hydrogen-bond acceptors (Lipinski definition) is 3. The van der Waals surface area contributed by atoms with Gasteiger partial charge in [0.1, 0.15) is 5.82 Å². The lowest BCUT2D eigenvalue weighted by Crippen LogP contribution is -2.24. The van der Waals surface area contributed by atoms with Gasteiger partial charge in [0.2, 0.25) is 0 Å². The number of nitrogens with two attached hydrogens (primary N) is 1. The molecule has 0 saturated carbocycles. The number of hydrogen-bond donors (Lipinski definition) is 1. The van der Waals surface area contributed by atoms with Gasteiger partial charge in [0.05, 0.1) is 11.0 Å². The SMILES string of the molecule is COCCCc1nc2cc(CN)ccc2n1C(C)(C)C. The summed E-state index contributed by atoms with van der Waals surface area (Å²) < 4.78 is 7.48. The largest absolute Gasteiger partial charge is 0.385 e. The van der Waals surface area contributed by atoms with Crippen molar-refractivity contribution < 1.29 is 4.74 Å². The van der Waals surface area contributed by atoms with Gasteiger partial charge in [0.25, 0.3) is 0 Å². The Morgan fingerprint density at radius 2 is 2.05 bits per heavy atom. The van der Waals surface area contributed by atoms with E-state index in [1.54, 1.807) is 7.11 Å². The molecule has 110 valence electrons. The molecule has 0 radical (unpaired) electrons. The molecular formula is C16H25N3O. The highest BCUT2D eigenvalue weighted by atomic mass is 16.5. The summed E-state index contributed by atoms with van der Waals surface area (Å²) in [5, 5.41) is 0. The van der Waals surface area contributed by atoms with Gasteiger partial charge in [-0.05, 0) is 44.9 Å². The first kappa shape index (κ1) is 15.0. The second kappa shape index (κ2) is 5.94. The standard InChI is InChI=1S/C16H25N3O/c1-16(2,3)19-14-8-7-12(11-17)10-13(14)18-15(19)6-5-9-20-4/h7-8,10H,5-6,9,11,17H2,1-4H3. The summed E-state index contributed by atoms with van der Waals surface area (Å²) >= 11 is 0. The number of ether oxygens (including phenoxy) is 1. The van der Waals surface area contributed by atoms with Crippen LogP contribution < -0.4 is 5.73 Å². The van der Waals surface area contributed by atoms with Gasteiger partial charge in [-0.2, -0.15) is 0 Å². The van der Waals surface area contributed by atoms with E-state index in [1.807, 2.05) is 0 Å². The van der Waals surface area contributed by atoms with Crippen LogP contribution in [0.1, 0.15) is 38.6 Å². The number of benzene rings is 1. The third-order valence-corrected chi connectivity index (χ3v) is 3.44. The van der Waals surface area contributed by atoms with E-state index in [2.05, 4.69) is 43.5 Å². The predicted octanol–water partition coefficient (Wildman–Crippen LogP) is 2.83. The predicted molar refractivity (Wildman–Crippen MR) is 82.8 cm³/mol. The number of imidazole rings is 1. The van der Waals surface area contributed by atoms with Crippen LogP contribution in [0.25, 0.3) is 11.0 Å². The highest BCUT2D eigenvalue weighted by Gasteiger charge is 2.21. The molecule has 1 aromatic heterocycles. The molecular weight excluding hydrogens is 250 g/mol. The van der Waals surface area contributed by atoms with Gasteiger partial charge in [-0.15, -0.1) is 0 Å². The van der Waals surface area contributed by atoms with Crippen LogP contribution >= 0.6 is 0 Å². The molecule has 0 bridgehead atoms. The zero-order chi connectivity index (χ0) is 14.8. The first-order valence-electron chi connectivity index (χ1n) is 7.17. The fraction of sp³-hybridized carbons (Fsp3) is 0.562. The molecule has 0 spiro atoms. The molecule has 0 aliphatic rings. The van der Waals surface area contributed by atoms with Crippen LogP contribution in [0.5, 0.6) is 0 Å². The van der Waals surface area contributed by atoms with Crippen LogP contribution in [-0.2, 0) is 23.2 Å². The summed E-state index contributed by atoms with van der Waals surface area (Å²) in [4.78, 5) is 4.81. The Morgan fingerprint density at radius 1 is 1.30 bits per heavy atom. The van der Waals surface area contributed by atoms with Crippen molar-refractivity contribution in [1.82, 2.24) is 9.55 Å². The molecule has 2 aromatic rings. The number of methoxy groups -OCH3 is 1. The van der Waals surface area contributed by atoms with Gasteiger partial charge in [0.15, 0.2) is 0 Å². The van der Waals surface area contributed by atoms with E-state index in [4.69, 9.17) is 15.5 Å². The van der Waals surface area contributed by atoms with Crippen molar-refractivity contribution in [3.8, 4) is 0 Å². The van der Waals surface area contributed by atoms with Crippen LogP contribution in [0, 0.1) is 0 Å². The summed E-state index contributed by atoms with van der Waals surface area (Å²) in [5.74, 6) is 1.12. The summed E-state index contributed by atoms with van der Waals surface area (Å²) in [7, 11) is 1.74. The van der Waals surface area contributed by atoms with E-state index in [9.17, 15) is 0 Å². The lowest BCUT2D eigenvalue weighted by atomic mass is 10.1. The van der Waals surface area contributed by atoms with Crippen LogP contribution in [-0.4, -0.2) is 23.3 Å². The molecule has 1 heterocycles. The van der Waals surface area contributed by atoms with Gasteiger partial charge >= 0.3 is 0 Å². The monoisotopic (exact) mass is 275 g/mol. The highest BCUT2D eigenvalue weighted by Crippen LogP contribution is 2.26. The summed E-state index contributed by atoms with van der Waals surface area (Å²) in [6, 6.07) is 6.32. The van der Waals surface area contributed by atoms with Crippen molar-refractivity contribution in [3.63, 3.8) is 0 Å². The van der Waals surface area contributed by atoms with Crippen LogP contribution in [0.15, 0.2) is 18.2 Å². The molecule has 0 saturated heterocycles. The Labute approximate surface area is 120 Å². The molecule has 0 fully saturated rings. The average Bonchev–Trinajstić information content (AvgIpc) is 2.75. The Bertz CT molecular complexity index is 581. The molecule has 0 aliphatic carbocycles. The third-order valence-electron chi connectivity index (χ3n) is 3.44. The van der Waals surface area contributed by atoms with Gasteiger partial charge in [0, 0.05) is 32.2 Å². The van der Waals surface area contributed by atoms with Gasteiger partial charge in [-0.25, -0.2) is 4.98 Å². The molecule has 20 heavy (non-hydrogen) atoms. The molecule has 1 aromatic carbocycles. The fourth-order valence-electron chi connectivity index (χ4n) is 2.59. The molecule has 0 unspecified atom stereocenters. The molecule has 0 amide bonds. The lowest BCUT2D eigenvalue weighted by molar-refractivity contribution is 0.194. The summed E-state index contributed by atoms with van der Waals surface area (Å²) in [6.45, 7) is 7.96. The Hall–Kier alpha value is -1.39. The first-order chi connectivity index (χ1) is 9.47. The van der Waals surface area contributed by atoms with Crippen molar-refractivity contribution in [2.45, 2.75) is 45.7 Å². The topological polar surface area (TPSA) is 53.1 Å². The lowest BCUT2D eigenvalue weighted by Gasteiger charge is -2.24. The molecule has 2 N–H and O–H groups in total. The number of rotatable bonds is 5. The molecule has 4 heteroatoms. The van der Waals surface area contributed by atoms with E-state index < -0.39 is 0 Å². The minimum Gasteiger partial charge on any atom is -0.385 e. The first-order valence-corrected chi connectivity index (χ1v) is 7.17. The zero-order valence-electron chi connectivity index (χ0n) is 12.9. The number of aromatic nitrogens is 2. The Morgan fingerprint density at radius 3 is 2.65 bits per heavy atom. The molecule has 0 atom stereocenters. The maximum absolute atomic E-state index is 5.72. The number of nitrogens with zero attached hydrogens (tertiary/aromatic N) is 2. The van der Waals surface area contributed by atoms with Crippen molar-refractivity contribution in [3.05, 3.63) is 29.6 Å². The zero-order valence-corrected chi connectivity index (χ0v) is 12.9. The van der Waals surface area contributed by atoms with Crippen molar-refractivity contribution in [2.24, 2.45) is 5.73 Å². The second-order valence-corrected chi connectivity index (χ2v) is 6.16. The van der Waals surface area contributed by atoms with Crippen LogP contribution in [0.3, 0.4) is 0 Å². The van der Waals surface area contributed by atoms with Crippen LogP contribution in [0.4, 0.5) is 0 Å². The van der Waals surface area contributed by atoms with Crippen molar-refractivity contribution >= 4 is 11.0 Å². The van der Waals surface area contributed by atoms with E-state index in [0.717, 1.165) is 36.4 Å². The quantitative estimate of drug-likeness (QED) is 0.854. The Balaban J connectivity index is 2.48. The van der Waals surface area contributed by atoms with E-state index in [-0.39, 0.29) is 5.54 Å². The maximum Gasteiger partial charge on any atom is 0.110 e. The minimum atomic E-state index is 0.0153. The van der Waals surface area contributed by atoms with Gasteiger partial charge < -0.3 is 15.0 Å². The molecule has 4 nitrogen and oxygen atoms in total. The minimum absolute atomic E-state index is 0.0153. The smallest absolute Gasteiger partial charge is 0.110 e. The van der Waals surface area contributed by atoms with E-state index >= 15 is 0 Å². The Kier molecular flexibility index (Phi) is 4.45. The van der Waals surface area contributed by atoms with Crippen molar-refractivity contribution in [1.29, 1.82) is 0 Å². The summed E-state index contributed by atoms with van der Waals surface area (Å²) in [5.41, 5.74) is 9.08. The highest BCUT2D eigenvalue weighted by molar-refractivity contribution is 5.77. The van der Waals surface area contributed by atoms with E-state index in [0.29, 0.717) is 6.54 Å².